The maximum absolute atomic E-state index is 10.6. The highest BCUT2D eigenvalue weighted by molar-refractivity contribution is 5.67. The maximum Gasteiger partial charge on any atom is 0.303 e. The largest absolute Gasteiger partial charge is 0.493 e. The summed E-state index contributed by atoms with van der Waals surface area (Å²) in [5, 5.41) is 8.75. The zero-order chi connectivity index (χ0) is 18.1. The van der Waals surface area contributed by atoms with Crippen LogP contribution >= 0.6 is 0 Å². The molecule has 0 heterocycles. The van der Waals surface area contributed by atoms with E-state index in [-0.39, 0.29) is 6.42 Å². The van der Waals surface area contributed by atoms with Crippen molar-refractivity contribution in [3.05, 3.63) is 29.8 Å². The van der Waals surface area contributed by atoms with E-state index in [4.69, 9.17) is 9.84 Å². The Hall–Kier alpha value is -1.51. The second kappa shape index (κ2) is 9.84. The van der Waals surface area contributed by atoms with Crippen LogP contribution in [0.5, 0.6) is 5.75 Å². The highest BCUT2D eigenvalue weighted by Gasteiger charge is 2.34. The molecule has 2 rings (SSSR count). The van der Waals surface area contributed by atoms with E-state index in [1.165, 1.54) is 51.4 Å². The van der Waals surface area contributed by atoms with E-state index in [0.717, 1.165) is 17.9 Å². The summed E-state index contributed by atoms with van der Waals surface area (Å²) in [6.07, 6.45) is 11.4. The Morgan fingerprint density at radius 1 is 1.28 bits per heavy atom. The van der Waals surface area contributed by atoms with Crippen LogP contribution in [0.1, 0.15) is 77.2 Å². The molecule has 0 saturated heterocycles. The number of aryl methyl sites for hydroxylation is 1. The van der Waals surface area contributed by atoms with Crippen LogP contribution in [0.2, 0.25) is 0 Å². The molecule has 25 heavy (non-hydrogen) atoms. The fraction of sp³-hybridized carbons (Fsp3) is 0.682. The molecule has 1 fully saturated rings. The van der Waals surface area contributed by atoms with E-state index in [2.05, 4.69) is 13.8 Å². The summed E-state index contributed by atoms with van der Waals surface area (Å²) in [5.74, 6) is 0.817. The summed E-state index contributed by atoms with van der Waals surface area (Å²) in [5.41, 5.74) is 1.60. The van der Waals surface area contributed by atoms with E-state index >= 15 is 0 Å². The SMILES string of the molecule is CCCCC1(CC)CCCC(COc2ccc(CCC(=O)O)cc2)C1. The van der Waals surface area contributed by atoms with Gasteiger partial charge < -0.3 is 9.84 Å². The van der Waals surface area contributed by atoms with E-state index in [0.29, 0.717) is 17.8 Å². The van der Waals surface area contributed by atoms with Crippen molar-refractivity contribution >= 4 is 5.97 Å². The van der Waals surface area contributed by atoms with Gasteiger partial charge in [-0.05, 0) is 61.1 Å². The first-order valence-corrected chi connectivity index (χ1v) is 10.0. The Kier molecular flexibility index (Phi) is 7.80. The molecule has 0 spiro atoms. The van der Waals surface area contributed by atoms with Crippen LogP contribution in [0.4, 0.5) is 0 Å². The van der Waals surface area contributed by atoms with E-state index in [9.17, 15) is 4.79 Å². The molecule has 1 aliphatic carbocycles. The molecule has 1 aromatic rings. The van der Waals surface area contributed by atoms with Gasteiger partial charge in [-0.25, -0.2) is 0 Å². The third kappa shape index (κ3) is 6.37. The number of carbonyl (C=O) groups is 1. The van der Waals surface area contributed by atoms with Crippen molar-refractivity contribution in [3.8, 4) is 5.75 Å². The lowest BCUT2D eigenvalue weighted by molar-refractivity contribution is -0.136. The molecule has 2 unspecified atom stereocenters. The first-order chi connectivity index (χ1) is 12.1. The minimum atomic E-state index is -0.750. The molecule has 1 aliphatic rings. The van der Waals surface area contributed by atoms with Crippen LogP contribution < -0.4 is 4.74 Å². The van der Waals surface area contributed by atoms with Crippen LogP contribution in [-0.2, 0) is 11.2 Å². The summed E-state index contributed by atoms with van der Waals surface area (Å²) in [7, 11) is 0. The Morgan fingerprint density at radius 2 is 2.04 bits per heavy atom. The summed E-state index contributed by atoms with van der Waals surface area (Å²) < 4.78 is 6.05. The predicted octanol–water partition coefficient (Wildman–Crippen LogP) is 5.86. The molecule has 0 radical (unpaired) electrons. The van der Waals surface area contributed by atoms with E-state index < -0.39 is 5.97 Å². The van der Waals surface area contributed by atoms with Gasteiger partial charge in [-0.2, -0.15) is 0 Å². The minimum absolute atomic E-state index is 0.180. The van der Waals surface area contributed by atoms with Gasteiger partial charge in [0.15, 0.2) is 0 Å². The van der Waals surface area contributed by atoms with Gasteiger partial charge in [0.1, 0.15) is 5.75 Å². The second-order valence-corrected chi connectivity index (χ2v) is 7.77. The lowest BCUT2D eigenvalue weighted by Gasteiger charge is -2.40. The molecule has 1 aromatic carbocycles. The molecule has 0 aliphatic heterocycles. The summed E-state index contributed by atoms with van der Waals surface area (Å²) >= 11 is 0. The molecule has 3 heteroatoms. The Bertz CT molecular complexity index is 523. The summed E-state index contributed by atoms with van der Waals surface area (Å²) in [4.78, 5) is 10.6. The van der Waals surface area contributed by atoms with Gasteiger partial charge in [0.2, 0.25) is 0 Å². The number of benzene rings is 1. The average molecular weight is 347 g/mol. The number of carboxylic acid groups (broad SMARTS) is 1. The molecular formula is C22H34O3. The minimum Gasteiger partial charge on any atom is -0.493 e. The number of unbranched alkanes of at least 4 members (excludes halogenated alkanes) is 1. The third-order valence-electron chi connectivity index (χ3n) is 5.89. The van der Waals surface area contributed by atoms with Gasteiger partial charge in [-0.3, -0.25) is 4.79 Å². The van der Waals surface area contributed by atoms with Crippen molar-refractivity contribution in [1.82, 2.24) is 0 Å². The molecule has 0 amide bonds. The summed E-state index contributed by atoms with van der Waals surface area (Å²) in [6.45, 7) is 5.45. The Morgan fingerprint density at radius 3 is 2.68 bits per heavy atom. The van der Waals surface area contributed by atoms with Crippen LogP contribution in [0.3, 0.4) is 0 Å². The predicted molar refractivity (Wildman–Crippen MR) is 102 cm³/mol. The van der Waals surface area contributed by atoms with Gasteiger partial charge >= 0.3 is 5.97 Å². The standard InChI is InChI=1S/C22H34O3/c1-3-5-14-22(4-2)15-6-7-19(16-22)17-25-20-11-8-18(9-12-20)10-13-21(23)24/h8-9,11-12,19H,3-7,10,13-17H2,1-2H3,(H,23,24). The first kappa shape index (κ1) is 19.8. The fourth-order valence-electron chi connectivity index (χ4n) is 4.22. The zero-order valence-corrected chi connectivity index (χ0v) is 15.9. The third-order valence-corrected chi connectivity index (χ3v) is 5.89. The van der Waals surface area contributed by atoms with Crippen molar-refractivity contribution in [2.24, 2.45) is 11.3 Å². The van der Waals surface area contributed by atoms with Crippen LogP contribution in [-0.4, -0.2) is 17.7 Å². The topological polar surface area (TPSA) is 46.5 Å². The molecule has 1 N–H and O–H groups in total. The van der Waals surface area contributed by atoms with Crippen LogP contribution in [0, 0.1) is 11.3 Å². The van der Waals surface area contributed by atoms with Crippen molar-refractivity contribution < 1.29 is 14.6 Å². The molecule has 0 aromatic heterocycles. The van der Waals surface area contributed by atoms with Gasteiger partial charge in [-0.1, -0.05) is 51.7 Å². The maximum atomic E-state index is 10.6. The monoisotopic (exact) mass is 346 g/mol. The molecular weight excluding hydrogens is 312 g/mol. The smallest absolute Gasteiger partial charge is 0.303 e. The molecule has 1 saturated carbocycles. The number of ether oxygens (including phenoxy) is 1. The number of carboxylic acids is 1. The first-order valence-electron chi connectivity index (χ1n) is 10.0. The van der Waals surface area contributed by atoms with Crippen LogP contribution in [0.15, 0.2) is 24.3 Å². The average Bonchev–Trinajstić information content (AvgIpc) is 2.64. The van der Waals surface area contributed by atoms with Gasteiger partial charge in [0.05, 0.1) is 6.61 Å². The van der Waals surface area contributed by atoms with Crippen molar-refractivity contribution in [2.75, 3.05) is 6.61 Å². The number of rotatable bonds is 10. The summed E-state index contributed by atoms with van der Waals surface area (Å²) in [6, 6.07) is 7.92. The lowest BCUT2D eigenvalue weighted by atomic mass is 9.66. The highest BCUT2D eigenvalue weighted by atomic mass is 16.5. The normalized spacial score (nSPS) is 23.4. The van der Waals surface area contributed by atoms with Crippen molar-refractivity contribution in [1.29, 1.82) is 0 Å². The quantitative estimate of drug-likeness (QED) is 0.577. The van der Waals surface area contributed by atoms with Gasteiger partial charge in [0.25, 0.3) is 0 Å². The zero-order valence-electron chi connectivity index (χ0n) is 15.9. The molecule has 3 nitrogen and oxygen atoms in total. The number of hydrogen-bond donors (Lipinski definition) is 1. The Balaban J connectivity index is 1.82. The highest BCUT2D eigenvalue weighted by Crippen LogP contribution is 2.45. The van der Waals surface area contributed by atoms with Crippen LogP contribution in [0.25, 0.3) is 0 Å². The molecule has 2 atom stereocenters. The van der Waals surface area contributed by atoms with E-state index in [1.807, 2.05) is 24.3 Å². The number of aliphatic carboxylic acids is 1. The lowest BCUT2D eigenvalue weighted by Crippen LogP contribution is -2.31. The fourth-order valence-corrected chi connectivity index (χ4v) is 4.22. The van der Waals surface area contributed by atoms with E-state index in [1.54, 1.807) is 0 Å². The molecule has 0 bridgehead atoms. The van der Waals surface area contributed by atoms with Crippen molar-refractivity contribution in [2.45, 2.75) is 78.1 Å². The number of hydrogen-bond acceptors (Lipinski definition) is 2. The molecule has 140 valence electrons. The Labute approximate surface area is 152 Å². The van der Waals surface area contributed by atoms with Gasteiger partial charge in [-0.15, -0.1) is 0 Å². The second-order valence-electron chi connectivity index (χ2n) is 7.77. The van der Waals surface area contributed by atoms with Gasteiger partial charge in [0, 0.05) is 6.42 Å². The van der Waals surface area contributed by atoms with Crippen molar-refractivity contribution in [3.63, 3.8) is 0 Å².